The smallest absolute Gasteiger partial charge is 0.136 e. The molecule has 11 rings (SSSR count). The van der Waals surface area contributed by atoms with Crippen molar-refractivity contribution in [2.75, 3.05) is 0 Å². The van der Waals surface area contributed by atoms with Gasteiger partial charge in [0.05, 0.1) is 11.0 Å². The van der Waals surface area contributed by atoms with E-state index in [0.29, 0.717) is 0 Å². The summed E-state index contributed by atoms with van der Waals surface area (Å²) < 4.78 is 9.01. The summed E-state index contributed by atoms with van der Waals surface area (Å²) in [6, 6.07) is 51.1. The number of rotatable bonds is 1. The van der Waals surface area contributed by atoms with Gasteiger partial charge in [-0.15, -0.1) is 0 Å². The van der Waals surface area contributed by atoms with Gasteiger partial charge in [0.15, 0.2) is 0 Å². The number of hydrogen-bond acceptors (Lipinski definition) is 1. The molecule has 0 amide bonds. The third-order valence-electron chi connectivity index (χ3n) is 9.91. The minimum absolute atomic E-state index is 0.934. The van der Waals surface area contributed by atoms with E-state index in [9.17, 15) is 0 Å². The normalized spacial score (nSPS) is 12.5. The average molecular weight is 558 g/mol. The van der Waals surface area contributed by atoms with Crippen molar-refractivity contribution in [1.82, 2.24) is 4.57 Å². The molecule has 0 aliphatic heterocycles. The lowest BCUT2D eigenvalue weighted by molar-refractivity contribution is 0.669. The molecule has 9 aromatic carbocycles. The third-order valence-corrected chi connectivity index (χ3v) is 9.91. The molecular weight excluding hydrogens is 534 g/mol. The summed E-state index contributed by atoms with van der Waals surface area (Å²) in [6.07, 6.45) is 0. The Morgan fingerprint density at radius 3 is 1.50 bits per heavy atom. The Morgan fingerprint density at radius 1 is 0.318 bits per heavy atom. The van der Waals surface area contributed by atoms with Crippen LogP contribution >= 0.6 is 0 Å². The number of aromatic nitrogens is 1. The molecule has 0 saturated carbocycles. The van der Waals surface area contributed by atoms with Crippen LogP contribution in [0.4, 0.5) is 0 Å². The molecule has 2 heteroatoms. The van der Waals surface area contributed by atoms with Gasteiger partial charge >= 0.3 is 0 Å². The van der Waals surface area contributed by atoms with Crippen molar-refractivity contribution in [3.8, 4) is 5.69 Å². The van der Waals surface area contributed by atoms with Crippen LogP contribution in [0.1, 0.15) is 0 Å². The van der Waals surface area contributed by atoms with Gasteiger partial charge in [0.1, 0.15) is 11.2 Å². The molecule has 202 valence electrons. The molecule has 2 heterocycles. The van der Waals surface area contributed by atoms with Crippen LogP contribution in [0.2, 0.25) is 0 Å². The van der Waals surface area contributed by atoms with Gasteiger partial charge in [-0.05, 0) is 90.3 Å². The lowest BCUT2D eigenvalue weighted by Gasteiger charge is -2.13. The number of furan rings is 1. The highest BCUT2D eigenvalue weighted by Crippen LogP contribution is 2.47. The maximum Gasteiger partial charge on any atom is 0.136 e. The van der Waals surface area contributed by atoms with Crippen LogP contribution in [-0.4, -0.2) is 4.57 Å². The third kappa shape index (κ3) is 2.68. The first kappa shape index (κ1) is 22.7. The van der Waals surface area contributed by atoms with Crippen LogP contribution in [0.25, 0.3) is 103 Å². The molecule has 0 aliphatic carbocycles. The maximum absolute atomic E-state index is 6.54. The Balaban J connectivity index is 1.39. The Hall–Kier alpha value is -5.86. The first-order valence-electron chi connectivity index (χ1n) is 15.2. The van der Waals surface area contributed by atoms with E-state index in [4.69, 9.17) is 4.42 Å². The van der Waals surface area contributed by atoms with E-state index in [1.54, 1.807) is 0 Å². The van der Waals surface area contributed by atoms with Gasteiger partial charge in [0.2, 0.25) is 0 Å². The monoisotopic (exact) mass is 557 g/mol. The largest absolute Gasteiger partial charge is 0.456 e. The van der Waals surface area contributed by atoms with Crippen molar-refractivity contribution in [1.29, 1.82) is 0 Å². The number of hydrogen-bond donors (Lipinski definition) is 0. The first-order valence-corrected chi connectivity index (χ1v) is 15.2. The Labute approximate surface area is 251 Å². The molecule has 11 aromatic rings. The van der Waals surface area contributed by atoms with Gasteiger partial charge < -0.3 is 8.98 Å². The maximum atomic E-state index is 6.54. The predicted molar refractivity (Wildman–Crippen MR) is 187 cm³/mol. The van der Waals surface area contributed by atoms with Gasteiger partial charge in [-0.2, -0.15) is 0 Å². The van der Waals surface area contributed by atoms with Crippen LogP contribution in [0.15, 0.2) is 144 Å². The minimum Gasteiger partial charge on any atom is -0.456 e. The number of nitrogens with zero attached hydrogens (tertiary/aromatic N) is 1. The van der Waals surface area contributed by atoms with Crippen molar-refractivity contribution >= 4 is 97.6 Å². The summed E-state index contributed by atoms with van der Waals surface area (Å²) >= 11 is 0. The number of fused-ring (bicyclic) bond motifs is 9. The molecule has 0 atom stereocenters. The van der Waals surface area contributed by atoms with Crippen LogP contribution < -0.4 is 0 Å². The molecule has 0 unspecified atom stereocenters. The highest BCUT2D eigenvalue weighted by atomic mass is 16.3. The SMILES string of the molecule is c1ccc2c(c1)c1ccccc1c1cc(-n3c4cccc5c6ccccc6c6cccc7oc8ccc3c(c8c76)c54)ccc21. The molecular formula is C42H23NO. The van der Waals surface area contributed by atoms with E-state index in [2.05, 4.69) is 144 Å². The first-order chi connectivity index (χ1) is 21.8. The molecule has 44 heavy (non-hydrogen) atoms. The Bertz CT molecular complexity index is 2960. The fourth-order valence-corrected chi connectivity index (χ4v) is 8.17. The van der Waals surface area contributed by atoms with E-state index in [0.717, 1.165) is 16.9 Å². The van der Waals surface area contributed by atoms with Crippen LogP contribution in [-0.2, 0) is 0 Å². The van der Waals surface area contributed by atoms with E-state index in [-0.39, 0.29) is 0 Å². The van der Waals surface area contributed by atoms with Gasteiger partial charge in [0.25, 0.3) is 0 Å². The fraction of sp³-hybridized carbons (Fsp3) is 0. The van der Waals surface area contributed by atoms with Crippen molar-refractivity contribution in [3.05, 3.63) is 140 Å². The predicted octanol–water partition coefficient (Wildman–Crippen LogP) is 11.9. The minimum atomic E-state index is 0.934. The van der Waals surface area contributed by atoms with Crippen molar-refractivity contribution in [2.24, 2.45) is 0 Å². The molecule has 0 radical (unpaired) electrons. The topological polar surface area (TPSA) is 18.1 Å². The summed E-state index contributed by atoms with van der Waals surface area (Å²) in [7, 11) is 0. The second kappa shape index (κ2) is 7.94. The van der Waals surface area contributed by atoms with Crippen molar-refractivity contribution < 1.29 is 4.42 Å². The summed E-state index contributed by atoms with van der Waals surface area (Å²) in [5.74, 6) is 0. The zero-order valence-corrected chi connectivity index (χ0v) is 23.6. The molecule has 0 N–H and O–H groups in total. The molecule has 2 aromatic heterocycles. The second-order valence-corrected chi connectivity index (χ2v) is 12.0. The molecule has 0 spiro atoms. The lowest BCUT2D eigenvalue weighted by Crippen LogP contribution is -1.94. The average Bonchev–Trinajstić information content (AvgIpc) is 3.63. The zero-order valence-electron chi connectivity index (χ0n) is 23.6. The van der Waals surface area contributed by atoms with E-state index in [1.165, 1.54) is 86.4 Å². The van der Waals surface area contributed by atoms with Gasteiger partial charge in [-0.25, -0.2) is 0 Å². The summed E-state index contributed by atoms with van der Waals surface area (Å²) in [5, 5.41) is 17.6. The summed E-state index contributed by atoms with van der Waals surface area (Å²) in [6.45, 7) is 0. The molecule has 2 nitrogen and oxygen atoms in total. The van der Waals surface area contributed by atoms with E-state index in [1.807, 2.05) is 0 Å². The molecule has 0 saturated heterocycles. The van der Waals surface area contributed by atoms with Crippen LogP contribution in [0.5, 0.6) is 0 Å². The zero-order chi connectivity index (χ0) is 28.5. The quantitative estimate of drug-likeness (QED) is 0.184. The number of benzene rings is 8. The van der Waals surface area contributed by atoms with Crippen molar-refractivity contribution in [2.45, 2.75) is 0 Å². The lowest BCUT2D eigenvalue weighted by atomic mass is 9.94. The summed E-state index contributed by atoms with van der Waals surface area (Å²) in [5.41, 5.74) is 5.43. The summed E-state index contributed by atoms with van der Waals surface area (Å²) in [4.78, 5) is 0. The molecule has 0 fully saturated rings. The molecule has 0 aliphatic rings. The highest BCUT2D eigenvalue weighted by Gasteiger charge is 2.23. The van der Waals surface area contributed by atoms with Gasteiger partial charge in [-0.3, -0.25) is 0 Å². The highest BCUT2D eigenvalue weighted by molar-refractivity contribution is 6.38. The van der Waals surface area contributed by atoms with E-state index >= 15 is 0 Å². The van der Waals surface area contributed by atoms with Gasteiger partial charge in [0, 0.05) is 27.2 Å². The fourth-order valence-electron chi connectivity index (χ4n) is 8.17. The Kier molecular flexibility index (Phi) is 4.10. The second-order valence-electron chi connectivity index (χ2n) is 12.0. The van der Waals surface area contributed by atoms with Gasteiger partial charge in [-0.1, -0.05) is 103 Å². The van der Waals surface area contributed by atoms with Crippen molar-refractivity contribution in [3.63, 3.8) is 0 Å². The van der Waals surface area contributed by atoms with E-state index < -0.39 is 0 Å². The van der Waals surface area contributed by atoms with Crippen LogP contribution in [0, 0.1) is 0 Å². The van der Waals surface area contributed by atoms with Crippen LogP contribution in [0.3, 0.4) is 0 Å². The standard InChI is InChI=1S/C42H23NO/c1-2-11-27-25(9-1)26-10-3-6-14-30(26)34-23-24(19-20-31(27)34)43-35-17-7-15-32-28-12-4-5-13-29(28)33-16-8-18-37-40(33)42-38(44-37)22-21-36(43)41(42)39(32)35/h1-23H. The molecule has 0 bridgehead atoms. The Morgan fingerprint density at radius 2 is 0.818 bits per heavy atom.